The van der Waals surface area contributed by atoms with Crippen molar-refractivity contribution in [3.05, 3.63) is 59.9 Å². The number of halogens is 1. The van der Waals surface area contributed by atoms with Gasteiger partial charge in [-0.05, 0) is 17.7 Å². The van der Waals surface area contributed by atoms with Gasteiger partial charge in [-0.1, -0.05) is 30.3 Å². The minimum Gasteiger partial charge on any atom is -0.489 e. The number of nitrogens with zero attached hydrogens (tertiary/aromatic N) is 1. The van der Waals surface area contributed by atoms with Gasteiger partial charge in [-0.15, -0.1) is 0 Å². The molecule has 1 fully saturated rings. The Kier molecular flexibility index (Phi) is 4.36. The summed E-state index contributed by atoms with van der Waals surface area (Å²) in [5.74, 6) is 0.512. The second kappa shape index (κ2) is 6.59. The third kappa shape index (κ3) is 3.52. The van der Waals surface area contributed by atoms with Crippen LogP contribution in [0.15, 0.2) is 48.5 Å². The molecule has 110 valence electrons. The largest absolute Gasteiger partial charge is 0.489 e. The monoisotopic (exact) mass is 286 g/mol. The van der Waals surface area contributed by atoms with E-state index < -0.39 is 0 Å². The van der Waals surface area contributed by atoms with Crippen molar-refractivity contribution >= 4 is 5.69 Å². The van der Waals surface area contributed by atoms with Crippen molar-refractivity contribution in [1.29, 1.82) is 0 Å². The van der Waals surface area contributed by atoms with Crippen LogP contribution < -0.4 is 15.0 Å². The zero-order chi connectivity index (χ0) is 14.5. The van der Waals surface area contributed by atoms with Crippen molar-refractivity contribution in [3.63, 3.8) is 0 Å². The summed E-state index contributed by atoms with van der Waals surface area (Å²) < 4.78 is 19.8. The van der Waals surface area contributed by atoms with Crippen LogP contribution in [0.4, 0.5) is 10.1 Å². The van der Waals surface area contributed by atoms with Gasteiger partial charge < -0.3 is 15.0 Å². The third-order valence-corrected chi connectivity index (χ3v) is 3.62. The minimum atomic E-state index is -0.191. The summed E-state index contributed by atoms with van der Waals surface area (Å²) in [7, 11) is 0. The molecule has 0 radical (unpaired) electrons. The van der Waals surface area contributed by atoms with Gasteiger partial charge in [0.15, 0.2) is 0 Å². The SMILES string of the molecule is Fc1ccc(OCc2ccccc2)cc1N1CCNCC1. The highest BCUT2D eigenvalue weighted by Crippen LogP contribution is 2.26. The highest BCUT2D eigenvalue weighted by atomic mass is 19.1. The van der Waals surface area contributed by atoms with Crippen molar-refractivity contribution in [2.24, 2.45) is 0 Å². The fourth-order valence-electron chi connectivity index (χ4n) is 2.47. The van der Waals surface area contributed by atoms with Crippen LogP contribution in [0.25, 0.3) is 0 Å². The first-order valence-corrected chi connectivity index (χ1v) is 7.25. The Balaban J connectivity index is 1.71. The molecule has 4 heteroatoms. The molecule has 0 bridgehead atoms. The lowest BCUT2D eigenvalue weighted by Gasteiger charge is -2.29. The summed E-state index contributed by atoms with van der Waals surface area (Å²) in [6.45, 7) is 3.90. The van der Waals surface area contributed by atoms with Crippen molar-refractivity contribution in [2.45, 2.75) is 6.61 Å². The van der Waals surface area contributed by atoms with Crippen LogP contribution in [0, 0.1) is 5.82 Å². The van der Waals surface area contributed by atoms with Crippen LogP contribution in [0.2, 0.25) is 0 Å². The third-order valence-electron chi connectivity index (χ3n) is 3.62. The number of ether oxygens (including phenoxy) is 1. The standard InChI is InChI=1S/C17H19FN2O/c18-16-7-6-15(21-13-14-4-2-1-3-5-14)12-17(16)20-10-8-19-9-11-20/h1-7,12,19H,8-11,13H2. The normalized spacial score (nSPS) is 15.0. The maximum atomic E-state index is 14.0. The topological polar surface area (TPSA) is 24.5 Å². The number of nitrogens with one attached hydrogen (secondary N) is 1. The molecule has 0 aromatic heterocycles. The van der Waals surface area contributed by atoms with Crippen LogP contribution in [0.1, 0.15) is 5.56 Å². The van der Waals surface area contributed by atoms with Crippen molar-refractivity contribution in [3.8, 4) is 5.75 Å². The Bertz CT molecular complexity index is 583. The van der Waals surface area contributed by atoms with Crippen LogP contribution in [-0.2, 0) is 6.61 Å². The lowest BCUT2D eigenvalue weighted by atomic mass is 10.2. The number of benzene rings is 2. The van der Waals surface area contributed by atoms with E-state index in [-0.39, 0.29) is 5.82 Å². The van der Waals surface area contributed by atoms with E-state index in [2.05, 4.69) is 10.2 Å². The molecule has 0 aliphatic carbocycles. The van der Waals surface area contributed by atoms with Crippen LogP contribution in [0.3, 0.4) is 0 Å². The van der Waals surface area contributed by atoms with E-state index in [1.165, 1.54) is 6.07 Å². The number of hydrogen-bond donors (Lipinski definition) is 1. The molecule has 1 N–H and O–H groups in total. The Morgan fingerprint density at radius 1 is 1.05 bits per heavy atom. The minimum absolute atomic E-state index is 0.191. The highest BCUT2D eigenvalue weighted by Gasteiger charge is 2.15. The molecule has 1 aliphatic rings. The molecule has 1 heterocycles. The van der Waals surface area contributed by atoms with E-state index in [9.17, 15) is 4.39 Å². The average Bonchev–Trinajstić information content (AvgIpc) is 2.56. The Morgan fingerprint density at radius 3 is 2.57 bits per heavy atom. The van der Waals surface area contributed by atoms with Crippen molar-refractivity contribution < 1.29 is 9.13 Å². The molecular weight excluding hydrogens is 267 g/mol. The molecule has 0 unspecified atom stereocenters. The molecule has 2 aromatic rings. The lowest BCUT2D eigenvalue weighted by molar-refractivity contribution is 0.305. The number of hydrogen-bond acceptors (Lipinski definition) is 3. The van der Waals surface area contributed by atoms with Gasteiger partial charge in [0.2, 0.25) is 0 Å². The predicted octanol–water partition coefficient (Wildman–Crippen LogP) is 2.81. The summed E-state index contributed by atoms with van der Waals surface area (Å²) in [4.78, 5) is 2.06. The van der Waals surface area contributed by atoms with Gasteiger partial charge in [-0.2, -0.15) is 0 Å². The van der Waals surface area contributed by atoms with Gasteiger partial charge in [0.05, 0.1) is 5.69 Å². The van der Waals surface area contributed by atoms with E-state index in [4.69, 9.17) is 4.74 Å². The summed E-state index contributed by atoms with van der Waals surface area (Å²) in [5.41, 5.74) is 1.73. The molecular formula is C17H19FN2O. The van der Waals surface area contributed by atoms with Gasteiger partial charge in [-0.3, -0.25) is 0 Å². The fourth-order valence-corrected chi connectivity index (χ4v) is 2.47. The van der Waals surface area contributed by atoms with E-state index in [0.29, 0.717) is 18.0 Å². The molecule has 1 saturated heterocycles. The Morgan fingerprint density at radius 2 is 1.81 bits per heavy atom. The highest BCUT2D eigenvalue weighted by molar-refractivity contribution is 5.52. The van der Waals surface area contributed by atoms with Crippen molar-refractivity contribution in [1.82, 2.24) is 5.32 Å². The summed E-state index contributed by atoms with van der Waals surface area (Å²) in [6.07, 6.45) is 0. The Hall–Kier alpha value is -2.07. The second-order valence-electron chi connectivity index (χ2n) is 5.12. The molecule has 0 amide bonds. The number of rotatable bonds is 4. The molecule has 0 saturated carbocycles. The summed E-state index contributed by atoms with van der Waals surface area (Å²) in [6, 6.07) is 14.9. The van der Waals surface area contributed by atoms with Gasteiger partial charge in [0.1, 0.15) is 18.2 Å². The first kappa shape index (κ1) is 13.9. The maximum Gasteiger partial charge on any atom is 0.146 e. The van der Waals surface area contributed by atoms with E-state index >= 15 is 0 Å². The van der Waals surface area contributed by atoms with Crippen LogP contribution in [-0.4, -0.2) is 26.2 Å². The van der Waals surface area contributed by atoms with Gasteiger partial charge in [0, 0.05) is 32.2 Å². The molecule has 21 heavy (non-hydrogen) atoms. The quantitative estimate of drug-likeness (QED) is 0.935. The smallest absolute Gasteiger partial charge is 0.146 e. The maximum absolute atomic E-state index is 14.0. The fraction of sp³-hybridized carbons (Fsp3) is 0.294. The van der Waals surface area contributed by atoms with E-state index in [0.717, 1.165) is 31.7 Å². The average molecular weight is 286 g/mol. The van der Waals surface area contributed by atoms with E-state index in [1.54, 1.807) is 12.1 Å². The first-order chi connectivity index (χ1) is 10.3. The summed E-state index contributed by atoms with van der Waals surface area (Å²) in [5, 5.41) is 3.27. The predicted molar refractivity (Wildman–Crippen MR) is 82.3 cm³/mol. The van der Waals surface area contributed by atoms with Gasteiger partial charge >= 0.3 is 0 Å². The van der Waals surface area contributed by atoms with Gasteiger partial charge in [-0.25, -0.2) is 4.39 Å². The van der Waals surface area contributed by atoms with Crippen LogP contribution in [0.5, 0.6) is 5.75 Å². The second-order valence-corrected chi connectivity index (χ2v) is 5.12. The molecule has 0 spiro atoms. The number of anilines is 1. The lowest BCUT2D eigenvalue weighted by Crippen LogP contribution is -2.43. The van der Waals surface area contributed by atoms with E-state index in [1.807, 2.05) is 30.3 Å². The molecule has 3 nitrogen and oxygen atoms in total. The van der Waals surface area contributed by atoms with Crippen molar-refractivity contribution in [2.75, 3.05) is 31.1 Å². The Labute approximate surface area is 124 Å². The first-order valence-electron chi connectivity index (χ1n) is 7.25. The number of piperazine rings is 1. The molecule has 2 aromatic carbocycles. The van der Waals surface area contributed by atoms with Gasteiger partial charge in [0.25, 0.3) is 0 Å². The molecule has 3 rings (SSSR count). The molecule has 0 atom stereocenters. The van der Waals surface area contributed by atoms with Crippen LogP contribution >= 0.6 is 0 Å². The molecule has 1 aliphatic heterocycles. The summed E-state index contributed by atoms with van der Waals surface area (Å²) >= 11 is 0. The zero-order valence-corrected chi connectivity index (χ0v) is 11.9. The zero-order valence-electron chi connectivity index (χ0n) is 11.9.